The molecule has 0 aliphatic carbocycles. The molecule has 128 valence electrons. The predicted octanol–water partition coefficient (Wildman–Crippen LogP) is 1.41. The molecule has 1 N–H and O–H groups in total. The summed E-state index contributed by atoms with van der Waals surface area (Å²) in [5.41, 5.74) is -0.147. The van der Waals surface area contributed by atoms with E-state index in [1.807, 2.05) is 0 Å². The summed E-state index contributed by atoms with van der Waals surface area (Å²) in [6, 6.07) is 4.07. The third-order valence-corrected chi connectivity index (χ3v) is 2.87. The molecule has 7 heteroatoms. The van der Waals surface area contributed by atoms with Gasteiger partial charge in [0, 0.05) is 12.4 Å². The van der Waals surface area contributed by atoms with Crippen LogP contribution in [-0.2, 0) is 9.53 Å². The molecule has 1 aromatic rings. The van der Waals surface area contributed by atoms with E-state index >= 15 is 0 Å². The number of carbonyl (C=O) groups is 2. The van der Waals surface area contributed by atoms with Crippen molar-refractivity contribution in [3.05, 3.63) is 23.8 Å². The summed E-state index contributed by atoms with van der Waals surface area (Å²) in [7, 11) is 2.96. The lowest BCUT2D eigenvalue weighted by atomic mass is 10.0. The minimum absolute atomic E-state index is 0.394. The van der Waals surface area contributed by atoms with Crippen molar-refractivity contribution < 1.29 is 28.9 Å². The molecule has 0 aromatic heterocycles. The Kier molecular flexibility index (Phi) is 6.24. The van der Waals surface area contributed by atoms with Crippen LogP contribution in [-0.4, -0.2) is 31.9 Å². The van der Waals surface area contributed by atoms with E-state index in [-0.39, 0.29) is 0 Å². The molecular weight excluding hydrogens is 302 g/mol. The largest absolute Gasteiger partial charge is 0.550 e. The van der Waals surface area contributed by atoms with Crippen LogP contribution in [0.25, 0.3) is 0 Å². The van der Waals surface area contributed by atoms with Crippen molar-refractivity contribution in [2.45, 2.75) is 38.8 Å². The zero-order valence-corrected chi connectivity index (χ0v) is 14.0. The van der Waals surface area contributed by atoms with Crippen molar-refractivity contribution in [3.63, 3.8) is 0 Å². The van der Waals surface area contributed by atoms with Crippen molar-refractivity contribution in [2.75, 3.05) is 14.2 Å². The van der Waals surface area contributed by atoms with Gasteiger partial charge in [0.25, 0.3) is 0 Å². The Balaban J connectivity index is 3.02. The van der Waals surface area contributed by atoms with Gasteiger partial charge in [-0.1, -0.05) is 6.07 Å². The van der Waals surface area contributed by atoms with Crippen LogP contribution in [0.3, 0.4) is 0 Å². The van der Waals surface area contributed by atoms with Crippen molar-refractivity contribution in [1.29, 1.82) is 0 Å². The van der Waals surface area contributed by atoms with Crippen molar-refractivity contribution in [3.8, 4) is 11.5 Å². The summed E-state index contributed by atoms with van der Waals surface area (Å²) in [4.78, 5) is 22.9. The van der Waals surface area contributed by atoms with Crippen LogP contribution < -0.4 is 19.9 Å². The third-order valence-electron chi connectivity index (χ3n) is 2.87. The van der Waals surface area contributed by atoms with E-state index in [0.29, 0.717) is 17.1 Å². The number of benzene rings is 1. The van der Waals surface area contributed by atoms with Crippen LogP contribution in [0.15, 0.2) is 18.2 Å². The Morgan fingerprint density at radius 3 is 2.26 bits per heavy atom. The quantitative estimate of drug-likeness (QED) is 0.850. The van der Waals surface area contributed by atoms with Crippen LogP contribution in [0.1, 0.15) is 38.8 Å². The fourth-order valence-electron chi connectivity index (χ4n) is 1.94. The summed E-state index contributed by atoms with van der Waals surface area (Å²) in [6.45, 7) is 5.16. The fraction of sp³-hybridized carbons (Fsp3) is 0.500. The van der Waals surface area contributed by atoms with Gasteiger partial charge in [-0.25, -0.2) is 4.79 Å². The zero-order chi connectivity index (χ0) is 17.6. The number of ether oxygens (including phenoxy) is 3. The molecule has 0 saturated carbocycles. The number of methoxy groups -OCH3 is 2. The van der Waals surface area contributed by atoms with Gasteiger partial charge in [0.05, 0.1) is 20.3 Å². The van der Waals surface area contributed by atoms with Gasteiger partial charge in [0.15, 0.2) is 11.5 Å². The molecule has 1 rings (SSSR count). The number of hydrogen-bond donors (Lipinski definition) is 1. The summed E-state index contributed by atoms with van der Waals surface area (Å²) in [6.07, 6.45) is -1.10. The maximum atomic E-state index is 11.9. The Hall–Kier alpha value is -2.44. The molecule has 0 saturated heterocycles. The average molecular weight is 324 g/mol. The number of aliphatic carboxylic acids is 1. The molecule has 0 spiro atoms. The summed E-state index contributed by atoms with van der Waals surface area (Å²) in [5, 5.41) is 13.5. The lowest BCUT2D eigenvalue weighted by molar-refractivity contribution is -0.306. The molecule has 7 nitrogen and oxygen atoms in total. The van der Waals surface area contributed by atoms with E-state index in [2.05, 4.69) is 5.32 Å². The van der Waals surface area contributed by atoms with E-state index in [1.54, 1.807) is 39.0 Å². The van der Waals surface area contributed by atoms with Gasteiger partial charge in [-0.2, -0.15) is 0 Å². The molecule has 1 amide bonds. The van der Waals surface area contributed by atoms with E-state index in [1.165, 1.54) is 14.2 Å². The van der Waals surface area contributed by atoms with Gasteiger partial charge in [-0.15, -0.1) is 0 Å². The fourth-order valence-corrected chi connectivity index (χ4v) is 1.94. The smallest absolute Gasteiger partial charge is 0.408 e. The average Bonchev–Trinajstić information content (AvgIpc) is 2.43. The van der Waals surface area contributed by atoms with Gasteiger partial charge in [0.1, 0.15) is 5.60 Å². The monoisotopic (exact) mass is 324 g/mol. The van der Waals surface area contributed by atoms with Gasteiger partial charge in [0.2, 0.25) is 0 Å². The summed E-state index contributed by atoms with van der Waals surface area (Å²) in [5.74, 6) is -0.360. The maximum Gasteiger partial charge on any atom is 0.408 e. The first kappa shape index (κ1) is 18.6. The second-order valence-corrected chi connectivity index (χ2v) is 5.89. The highest BCUT2D eigenvalue weighted by atomic mass is 16.6. The van der Waals surface area contributed by atoms with E-state index in [0.717, 1.165) is 0 Å². The second kappa shape index (κ2) is 7.71. The number of nitrogens with one attached hydrogen (secondary N) is 1. The summed E-state index contributed by atoms with van der Waals surface area (Å²) >= 11 is 0. The standard InChI is InChI=1S/C16H23NO6/c1-16(2,3)23-15(20)17-11(9-14(18)19)10-6-7-12(21-4)13(8-10)22-5/h6-8,11H,9H2,1-5H3,(H,17,20)(H,18,19)/p-1/t11-/m0/s1. The highest BCUT2D eigenvalue weighted by Crippen LogP contribution is 2.31. The van der Waals surface area contributed by atoms with Crippen molar-refractivity contribution >= 4 is 12.1 Å². The SMILES string of the molecule is COc1ccc([C@H](CC(=O)[O-])NC(=O)OC(C)(C)C)cc1OC. The number of rotatable bonds is 6. The molecule has 0 fully saturated rings. The third kappa shape index (κ3) is 6.06. The van der Waals surface area contributed by atoms with E-state index in [9.17, 15) is 14.7 Å². The maximum absolute atomic E-state index is 11.9. The summed E-state index contributed by atoms with van der Waals surface area (Å²) < 4.78 is 15.5. The molecule has 23 heavy (non-hydrogen) atoms. The number of carbonyl (C=O) groups excluding carboxylic acids is 2. The molecular formula is C16H22NO6-. The normalized spacial score (nSPS) is 12.2. The minimum atomic E-state index is -1.29. The number of amides is 1. The first-order valence-corrected chi connectivity index (χ1v) is 7.07. The molecule has 0 bridgehead atoms. The highest BCUT2D eigenvalue weighted by molar-refractivity contribution is 5.71. The Morgan fingerprint density at radius 2 is 1.78 bits per heavy atom. The van der Waals surface area contributed by atoms with Crippen LogP contribution in [0.4, 0.5) is 4.79 Å². The van der Waals surface area contributed by atoms with Gasteiger partial charge in [-0.3, -0.25) is 0 Å². The second-order valence-electron chi connectivity index (χ2n) is 5.89. The molecule has 1 aromatic carbocycles. The number of hydrogen-bond acceptors (Lipinski definition) is 6. The Morgan fingerprint density at radius 1 is 1.17 bits per heavy atom. The van der Waals surface area contributed by atoms with Crippen LogP contribution in [0, 0.1) is 0 Å². The zero-order valence-electron chi connectivity index (χ0n) is 14.0. The van der Waals surface area contributed by atoms with E-state index in [4.69, 9.17) is 14.2 Å². The van der Waals surface area contributed by atoms with Crippen LogP contribution >= 0.6 is 0 Å². The van der Waals surface area contributed by atoms with Gasteiger partial charge in [-0.05, 0) is 38.5 Å². The molecule has 0 radical (unpaired) electrons. The molecule has 0 heterocycles. The highest BCUT2D eigenvalue weighted by Gasteiger charge is 2.21. The van der Waals surface area contributed by atoms with Crippen molar-refractivity contribution in [1.82, 2.24) is 5.32 Å². The first-order chi connectivity index (χ1) is 10.7. The molecule has 1 atom stereocenters. The minimum Gasteiger partial charge on any atom is -0.550 e. The number of alkyl carbamates (subject to hydrolysis) is 1. The predicted molar refractivity (Wildman–Crippen MR) is 81.3 cm³/mol. The lowest BCUT2D eigenvalue weighted by Gasteiger charge is -2.24. The number of carboxylic acids is 1. The Labute approximate surface area is 135 Å². The van der Waals surface area contributed by atoms with Gasteiger partial charge >= 0.3 is 6.09 Å². The first-order valence-electron chi connectivity index (χ1n) is 7.07. The van der Waals surface area contributed by atoms with E-state index < -0.39 is 30.1 Å². The van der Waals surface area contributed by atoms with Crippen LogP contribution in [0.2, 0.25) is 0 Å². The molecule has 0 unspecified atom stereocenters. The lowest BCUT2D eigenvalue weighted by Crippen LogP contribution is -2.37. The Bertz CT molecular complexity index is 564. The molecule has 0 aliphatic heterocycles. The van der Waals surface area contributed by atoms with Gasteiger partial charge < -0.3 is 29.4 Å². The van der Waals surface area contributed by atoms with Crippen molar-refractivity contribution in [2.24, 2.45) is 0 Å². The van der Waals surface area contributed by atoms with Crippen LogP contribution in [0.5, 0.6) is 11.5 Å². The topological polar surface area (TPSA) is 96.9 Å². The molecule has 0 aliphatic rings. The number of carboxylic acid groups (broad SMARTS) is 1.